The van der Waals surface area contributed by atoms with Gasteiger partial charge in [-0.25, -0.2) is 0 Å². The molecule has 6 rings (SSSR count). The van der Waals surface area contributed by atoms with E-state index in [0.29, 0.717) is 17.8 Å². The van der Waals surface area contributed by atoms with Crippen LogP contribution in [0.5, 0.6) is 0 Å². The van der Waals surface area contributed by atoms with Crippen molar-refractivity contribution in [3.63, 3.8) is 0 Å². The number of rotatable bonds is 1. The van der Waals surface area contributed by atoms with Crippen molar-refractivity contribution in [1.82, 2.24) is 0 Å². The highest BCUT2D eigenvalue weighted by Crippen LogP contribution is 2.79. The Bertz CT molecular complexity index is 917. The van der Waals surface area contributed by atoms with E-state index in [9.17, 15) is 15.0 Å². The van der Waals surface area contributed by atoms with Crippen LogP contribution >= 0.6 is 0 Å². The number of fused-ring (bicyclic) bond motifs is 7. The van der Waals surface area contributed by atoms with E-state index in [4.69, 9.17) is 4.74 Å². The molecule has 4 heteroatoms. The Hall–Kier alpha value is -0.610. The molecule has 2 bridgehead atoms. The van der Waals surface area contributed by atoms with Crippen LogP contribution in [-0.4, -0.2) is 28.6 Å². The van der Waals surface area contributed by atoms with E-state index in [1.54, 1.807) is 0 Å². The van der Waals surface area contributed by atoms with Crippen LogP contribution in [0.2, 0.25) is 0 Å². The van der Waals surface area contributed by atoms with E-state index in [0.717, 1.165) is 38.7 Å². The lowest BCUT2D eigenvalue weighted by Gasteiger charge is -2.74. The Kier molecular flexibility index (Phi) is 4.63. The standard InChI is InChI=1S/C30H48O4/c1-19-29-9-7-20-26(4,21(29)8-10-30(19,33)34-18-29)14-16-28(6)22-17-25(3,23(31)32)12-11-24(22,2)13-15-27(20,28)5/h19-22,33H,7-18H2,1-6H3,(H,31,32)/t19-,20+,21+,22-,24-,25-,26-,27-,28+,29+,30-/m1/s1. The van der Waals surface area contributed by atoms with Crippen molar-refractivity contribution in [3.8, 4) is 0 Å². The quantitative estimate of drug-likeness (QED) is 0.448. The van der Waals surface area contributed by atoms with Crippen molar-refractivity contribution >= 4 is 5.97 Å². The number of carbonyl (C=O) groups is 1. The van der Waals surface area contributed by atoms with Gasteiger partial charge in [-0.2, -0.15) is 0 Å². The number of ether oxygens (including phenoxy) is 1. The van der Waals surface area contributed by atoms with Crippen LogP contribution in [-0.2, 0) is 9.53 Å². The first kappa shape index (κ1) is 23.8. The lowest BCUT2D eigenvalue weighted by atomic mass is 9.30. The summed E-state index contributed by atoms with van der Waals surface area (Å²) in [6, 6.07) is 0. The van der Waals surface area contributed by atoms with Crippen LogP contribution in [0.4, 0.5) is 0 Å². The lowest BCUT2D eigenvalue weighted by molar-refractivity contribution is -0.267. The summed E-state index contributed by atoms with van der Waals surface area (Å²) < 4.78 is 6.14. The smallest absolute Gasteiger partial charge is 0.309 e. The Morgan fingerprint density at radius 1 is 0.794 bits per heavy atom. The topological polar surface area (TPSA) is 66.8 Å². The predicted molar refractivity (Wildman–Crippen MR) is 132 cm³/mol. The molecule has 0 aromatic carbocycles. The molecule has 1 saturated heterocycles. The molecule has 5 aliphatic carbocycles. The van der Waals surface area contributed by atoms with Crippen molar-refractivity contribution in [1.29, 1.82) is 0 Å². The molecule has 0 amide bonds. The van der Waals surface area contributed by atoms with Gasteiger partial charge >= 0.3 is 5.97 Å². The minimum absolute atomic E-state index is 0.137. The van der Waals surface area contributed by atoms with Crippen molar-refractivity contribution in [2.24, 2.45) is 56.2 Å². The fourth-order valence-electron chi connectivity index (χ4n) is 11.9. The number of carboxylic acid groups (broad SMARTS) is 1. The van der Waals surface area contributed by atoms with Gasteiger partial charge < -0.3 is 14.9 Å². The molecule has 2 N–H and O–H groups in total. The second-order valence-corrected chi connectivity index (χ2v) is 15.4. The summed E-state index contributed by atoms with van der Waals surface area (Å²) in [6.45, 7) is 15.3. The third-order valence-electron chi connectivity index (χ3n) is 14.6. The van der Waals surface area contributed by atoms with Crippen molar-refractivity contribution < 1.29 is 19.7 Å². The van der Waals surface area contributed by atoms with Gasteiger partial charge in [0.1, 0.15) is 0 Å². The number of hydrogen-bond donors (Lipinski definition) is 2. The van der Waals surface area contributed by atoms with E-state index in [1.807, 2.05) is 6.92 Å². The first-order chi connectivity index (χ1) is 15.7. The summed E-state index contributed by atoms with van der Waals surface area (Å²) in [6.07, 6.45) is 12.0. The molecule has 4 nitrogen and oxygen atoms in total. The first-order valence-electron chi connectivity index (χ1n) is 14.3. The molecule has 0 aromatic rings. The van der Waals surface area contributed by atoms with Crippen LogP contribution in [0.1, 0.15) is 112 Å². The molecule has 0 unspecified atom stereocenters. The monoisotopic (exact) mass is 472 g/mol. The molecule has 5 saturated carbocycles. The Morgan fingerprint density at radius 3 is 2.12 bits per heavy atom. The van der Waals surface area contributed by atoms with Gasteiger partial charge in [-0.3, -0.25) is 4.79 Å². The molecular weight excluding hydrogens is 424 g/mol. The summed E-state index contributed by atoms with van der Waals surface area (Å²) in [4.78, 5) is 12.3. The molecule has 0 aromatic heterocycles. The zero-order chi connectivity index (χ0) is 24.6. The molecule has 34 heavy (non-hydrogen) atoms. The molecule has 1 heterocycles. The predicted octanol–water partition coefficient (Wildman–Crippen LogP) is 6.65. The first-order valence-corrected chi connectivity index (χ1v) is 14.3. The van der Waals surface area contributed by atoms with Crippen LogP contribution in [0, 0.1) is 56.2 Å². The molecule has 1 spiro atoms. The van der Waals surface area contributed by atoms with Gasteiger partial charge in [0.05, 0.1) is 12.0 Å². The number of hydrogen-bond acceptors (Lipinski definition) is 3. The van der Waals surface area contributed by atoms with Crippen LogP contribution in [0.25, 0.3) is 0 Å². The average Bonchev–Trinajstić information content (AvgIpc) is 2.92. The van der Waals surface area contributed by atoms with Gasteiger partial charge in [-0.15, -0.1) is 0 Å². The molecule has 6 fully saturated rings. The minimum Gasteiger partial charge on any atom is -0.481 e. The number of aliphatic hydroxyl groups is 1. The van der Waals surface area contributed by atoms with Gasteiger partial charge in [0.2, 0.25) is 0 Å². The summed E-state index contributed by atoms with van der Waals surface area (Å²) >= 11 is 0. The molecule has 0 radical (unpaired) electrons. The molecule has 1 aliphatic heterocycles. The number of aliphatic carboxylic acids is 1. The third kappa shape index (κ3) is 2.51. The maximum absolute atomic E-state index is 12.3. The summed E-state index contributed by atoms with van der Waals surface area (Å²) in [5.41, 5.74) is 0.569. The zero-order valence-corrected chi connectivity index (χ0v) is 22.5. The molecule has 6 aliphatic rings. The van der Waals surface area contributed by atoms with E-state index in [-0.39, 0.29) is 33.0 Å². The minimum atomic E-state index is -0.900. The van der Waals surface area contributed by atoms with Gasteiger partial charge in [0.15, 0.2) is 5.79 Å². The molecule has 192 valence electrons. The van der Waals surface area contributed by atoms with E-state index in [1.165, 1.54) is 38.5 Å². The van der Waals surface area contributed by atoms with E-state index < -0.39 is 17.2 Å². The summed E-state index contributed by atoms with van der Waals surface area (Å²) in [5, 5.41) is 21.3. The highest BCUT2D eigenvalue weighted by Gasteiger charge is 2.74. The maximum atomic E-state index is 12.3. The van der Waals surface area contributed by atoms with Crippen molar-refractivity contribution in [2.45, 2.75) is 118 Å². The SMILES string of the molecule is C[C@@H]1[C@@]23CC[C@H]4[C@@](C)(CC[C@@]5(C)[C@@H]6C[C@](C)(C(=O)O)CC[C@]6(C)CC[C@]45C)[C@@H]2CC[C@@]1(O)OC3. The fourth-order valence-corrected chi connectivity index (χ4v) is 11.9. The second kappa shape index (κ2) is 6.63. The van der Waals surface area contributed by atoms with Gasteiger partial charge in [-0.05, 0) is 111 Å². The van der Waals surface area contributed by atoms with E-state index >= 15 is 0 Å². The average molecular weight is 473 g/mol. The third-order valence-corrected chi connectivity index (χ3v) is 14.6. The fraction of sp³-hybridized carbons (Fsp3) is 0.967. The number of carboxylic acids is 1. The molecular formula is C30H48O4. The Labute approximate surface area is 206 Å². The van der Waals surface area contributed by atoms with Crippen LogP contribution in [0.15, 0.2) is 0 Å². The van der Waals surface area contributed by atoms with Gasteiger partial charge in [-0.1, -0.05) is 34.6 Å². The highest BCUT2D eigenvalue weighted by molar-refractivity contribution is 5.74. The molecule has 11 atom stereocenters. The van der Waals surface area contributed by atoms with Crippen LogP contribution < -0.4 is 0 Å². The summed E-state index contributed by atoms with van der Waals surface area (Å²) in [7, 11) is 0. The van der Waals surface area contributed by atoms with Crippen molar-refractivity contribution in [3.05, 3.63) is 0 Å². The second-order valence-electron chi connectivity index (χ2n) is 15.4. The van der Waals surface area contributed by atoms with E-state index in [2.05, 4.69) is 34.6 Å². The highest BCUT2D eigenvalue weighted by atomic mass is 16.6. The Balaban J connectivity index is 1.39. The normalized spacial score (nSPS) is 62.7. The Morgan fingerprint density at radius 2 is 1.41 bits per heavy atom. The zero-order valence-electron chi connectivity index (χ0n) is 22.5. The maximum Gasteiger partial charge on any atom is 0.309 e. The van der Waals surface area contributed by atoms with Crippen LogP contribution in [0.3, 0.4) is 0 Å². The van der Waals surface area contributed by atoms with Crippen molar-refractivity contribution in [2.75, 3.05) is 6.61 Å². The van der Waals surface area contributed by atoms with Gasteiger partial charge in [0, 0.05) is 17.8 Å². The largest absolute Gasteiger partial charge is 0.481 e. The lowest BCUT2D eigenvalue weighted by Crippen LogP contribution is -2.68. The summed E-state index contributed by atoms with van der Waals surface area (Å²) in [5.74, 6) is 0.525. The van der Waals surface area contributed by atoms with Gasteiger partial charge in [0.25, 0.3) is 0 Å².